The Hall–Kier alpha value is -4.62. The molecule has 0 saturated heterocycles. The van der Waals surface area contributed by atoms with Crippen molar-refractivity contribution < 1.29 is 28.7 Å². The number of anilines is 1. The van der Waals surface area contributed by atoms with E-state index in [1.54, 1.807) is 16.6 Å². The number of fused-ring (bicyclic) bond motifs is 5. The van der Waals surface area contributed by atoms with E-state index in [0.717, 1.165) is 17.5 Å². The van der Waals surface area contributed by atoms with Crippen molar-refractivity contribution in [3.63, 3.8) is 0 Å². The molecule has 0 radical (unpaired) electrons. The Labute approximate surface area is 319 Å². The second-order valence-electron chi connectivity index (χ2n) is 15.8. The van der Waals surface area contributed by atoms with E-state index in [9.17, 15) is 19.2 Å². The molecule has 0 saturated carbocycles. The lowest BCUT2D eigenvalue weighted by molar-refractivity contribution is -0.144. The van der Waals surface area contributed by atoms with Gasteiger partial charge in [0.15, 0.2) is 0 Å². The fraction of sp³-hybridized carbons (Fsp3) is 0.561. The highest BCUT2D eigenvalue weighted by Crippen LogP contribution is 2.41. The SMILES string of the molecule is CNCCOC(=O)Cn1nnc2c1-c1ccccc1CN(C(=O)CCC(=O)NCCC(C)(C)OCCC(C)(C)C(=O)NC(C)CC(C)C)c1ccccc1-2. The van der Waals surface area contributed by atoms with Gasteiger partial charge in [-0.15, -0.1) is 5.10 Å². The first-order valence-electron chi connectivity index (χ1n) is 19.0. The van der Waals surface area contributed by atoms with E-state index in [4.69, 9.17) is 9.47 Å². The lowest BCUT2D eigenvalue weighted by atomic mass is 9.88. The molecule has 1 atom stereocenters. The monoisotopic (exact) mass is 745 g/mol. The number of ether oxygens (including phenoxy) is 2. The van der Waals surface area contributed by atoms with Crippen LogP contribution in [0.3, 0.4) is 0 Å². The number of nitrogens with one attached hydrogen (secondary N) is 3. The number of esters is 1. The molecule has 1 aromatic heterocycles. The average Bonchev–Trinajstić information content (AvgIpc) is 3.50. The molecule has 3 N–H and O–H groups in total. The number of likely N-dealkylation sites (N-methyl/N-ethyl adjacent to an activating group) is 1. The smallest absolute Gasteiger partial charge is 0.327 e. The van der Waals surface area contributed by atoms with Crippen LogP contribution in [0.25, 0.3) is 22.5 Å². The fourth-order valence-electron chi connectivity index (χ4n) is 6.48. The first-order valence-corrected chi connectivity index (χ1v) is 19.0. The number of hydrogen-bond donors (Lipinski definition) is 3. The third-order valence-electron chi connectivity index (χ3n) is 9.63. The molecule has 13 heteroatoms. The Morgan fingerprint density at radius 2 is 1.59 bits per heavy atom. The van der Waals surface area contributed by atoms with E-state index in [0.29, 0.717) is 61.1 Å². The van der Waals surface area contributed by atoms with Crippen LogP contribution in [0.4, 0.5) is 5.69 Å². The third-order valence-corrected chi connectivity index (χ3v) is 9.63. The number of amides is 3. The highest BCUT2D eigenvalue weighted by molar-refractivity contribution is 6.01. The predicted octanol–water partition coefficient (Wildman–Crippen LogP) is 5.27. The molecular weight excluding hydrogens is 686 g/mol. The van der Waals surface area contributed by atoms with Crippen molar-refractivity contribution in [3.8, 4) is 22.5 Å². The summed E-state index contributed by atoms with van der Waals surface area (Å²) in [5.74, 6) is -0.322. The van der Waals surface area contributed by atoms with Gasteiger partial charge in [0.05, 0.1) is 23.5 Å². The molecule has 13 nitrogen and oxygen atoms in total. The average molecular weight is 746 g/mol. The van der Waals surface area contributed by atoms with Gasteiger partial charge in [0, 0.05) is 55.1 Å². The summed E-state index contributed by atoms with van der Waals surface area (Å²) in [5, 5.41) is 17.9. The molecule has 1 aliphatic rings. The third kappa shape index (κ3) is 11.7. The zero-order chi connectivity index (χ0) is 39.5. The number of aromatic nitrogens is 3. The van der Waals surface area contributed by atoms with Gasteiger partial charge in [0.2, 0.25) is 17.7 Å². The van der Waals surface area contributed by atoms with Gasteiger partial charge in [-0.1, -0.05) is 75.4 Å². The standard InChI is InChI=1S/C41H59N7O6/c1-28(2)25-29(3)44-39(52)40(4,5)20-23-54-41(6,7)19-21-43-34(49)17-18-35(50)47-26-30-13-9-10-14-31(30)38-37(32-15-11-12-16-33(32)47)45-46-48(38)27-36(51)53-24-22-42-8/h9-16,28-29,42H,17-27H2,1-8H3,(H,43,49)(H,44,52). The fourth-order valence-corrected chi connectivity index (χ4v) is 6.48. The van der Waals surface area contributed by atoms with Crippen molar-refractivity contribution in [2.45, 2.75) is 105 Å². The van der Waals surface area contributed by atoms with Crippen molar-refractivity contribution in [2.75, 3.05) is 38.3 Å². The van der Waals surface area contributed by atoms with Crippen molar-refractivity contribution in [1.29, 1.82) is 0 Å². The largest absolute Gasteiger partial charge is 0.463 e. The number of hydrogen-bond acceptors (Lipinski definition) is 9. The summed E-state index contributed by atoms with van der Waals surface area (Å²) in [6.07, 6.45) is 2.10. The summed E-state index contributed by atoms with van der Waals surface area (Å²) < 4.78 is 13.1. The van der Waals surface area contributed by atoms with Crippen LogP contribution in [0.5, 0.6) is 0 Å². The van der Waals surface area contributed by atoms with Crippen LogP contribution in [0, 0.1) is 11.3 Å². The van der Waals surface area contributed by atoms with Gasteiger partial charge in [0.25, 0.3) is 0 Å². The van der Waals surface area contributed by atoms with Gasteiger partial charge in [0.1, 0.15) is 18.8 Å². The number of para-hydroxylation sites is 1. The molecule has 294 valence electrons. The molecule has 3 amide bonds. The van der Waals surface area contributed by atoms with E-state index < -0.39 is 17.0 Å². The van der Waals surface area contributed by atoms with Crippen LogP contribution in [0.2, 0.25) is 0 Å². The molecule has 0 aliphatic carbocycles. The van der Waals surface area contributed by atoms with Gasteiger partial charge in [-0.2, -0.15) is 0 Å². The van der Waals surface area contributed by atoms with E-state index in [-0.39, 0.29) is 56.3 Å². The van der Waals surface area contributed by atoms with Crippen LogP contribution in [0.1, 0.15) is 86.1 Å². The van der Waals surface area contributed by atoms with Crippen molar-refractivity contribution in [1.82, 2.24) is 30.9 Å². The van der Waals surface area contributed by atoms with E-state index in [1.807, 2.05) is 83.1 Å². The number of nitrogens with zero attached hydrogens (tertiary/aromatic N) is 4. The summed E-state index contributed by atoms with van der Waals surface area (Å²) in [6, 6.07) is 15.3. The quantitative estimate of drug-likeness (QED) is 0.110. The second-order valence-corrected chi connectivity index (χ2v) is 15.8. The zero-order valence-electron chi connectivity index (χ0n) is 33.3. The molecule has 3 aromatic rings. The summed E-state index contributed by atoms with van der Waals surface area (Å²) in [6.45, 7) is 15.9. The number of rotatable bonds is 19. The Morgan fingerprint density at radius 3 is 2.31 bits per heavy atom. The number of carbonyl (C=O) groups excluding carboxylic acids is 4. The van der Waals surface area contributed by atoms with Crippen LogP contribution >= 0.6 is 0 Å². The van der Waals surface area contributed by atoms with Crippen LogP contribution in [0.15, 0.2) is 48.5 Å². The Bertz CT molecular complexity index is 1750. The second kappa shape index (κ2) is 19.1. The summed E-state index contributed by atoms with van der Waals surface area (Å²) >= 11 is 0. The summed E-state index contributed by atoms with van der Waals surface area (Å²) in [7, 11) is 1.79. The minimum absolute atomic E-state index is 0.00711. The van der Waals surface area contributed by atoms with E-state index >= 15 is 0 Å². The minimum Gasteiger partial charge on any atom is -0.463 e. The van der Waals surface area contributed by atoms with Gasteiger partial charge >= 0.3 is 5.97 Å². The van der Waals surface area contributed by atoms with Crippen LogP contribution < -0.4 is 20.9 Å². The van der Waals surface area contributed by atoms with Gasteiger partial charge in [-0.25, -0.2) is 4.68 Å². The first-order chi connectivity index (χ1) is 25.6. The molecule has 0 fully saturated rings. The molecule has 1 aliphatic heterocycles. The predicted molar refractivity (Wildman–Crippen MR) is 209 cm³/mol. The van der Waals surface area contributed by atoms with E-state index in [2.05, 4.69) is 40.1 Å². The molecule has 0 bridgehead atoms. The summed E-state index contributed by atoms with van der Waals surface area (Å²) in [5.41, 5.74) is 3.12. The maximum Gasteiger partial charge on any atom is 0.327 e. The maximum atomic E-state index is 13.9. The summed E-state index contributed by atoms with van der Waals surface area (Å²) in [4.78, 5) is 54.1. The van der Waals surface area contributed by atoms with Gasteiger partial charge in [-0.05, 0) is 64.6 Å². The normalized spacial score (nSPS) is 13.2. The number of benzene rings is 2. The molecule has 54 heavy (non-hydrogen) atoms. The van der Waals surface area contributed by atoms with Gasteiger partial charge < -0.3 is 30.3 Å². The molecule has 4 rings (SSSR count). The van der Waals surface area contributed by atoms with Gasteiger partial charge in [-0.3, -0.25) is 19.2 Å². The maximum absolute atomic E-state index is 13.9. The topological polar surface area (TPSA) is 157 Å². The lowest BCUT2D eigenvalue weighted by Gasteiger charge is -2.30. The molecular formula is C41H59N7O6. The zero-order valence-corrected chi connectivity index (χ0v) is 33.3. The van der Waals surface area contributed by atoms with E-state index in [1.165, 1.54) is 0 Å². The highest BCUT2D eigenvalue weighted by atomic mass is 16.5. The Balaban J connectivity index is 1.34. The number of carbonyl (C=O) groups is 4. The minimum atomic E-state index is -0.570. The van der Waals surface area contributed by atoms with Crippen LogP contribution in [-0.2, 0) is 41.7 Å². The van der Waals surface area contributed by atoms with Crippen molar-refractivity contribution in [3.05, 3.63) is 54.1 Å². The highest BCUT2D eigenvalue weighted by Gasteiger charge is 2.31. The molecule has 2 heterocycles. The Kier molecular flexibility index (Phi) is 14.9. The molecule has 2 aromatic carbocycles. The lowest BCUT2D eigenvalue weighted by Crippen LogP contribution is -2.43. The van der Waals surface area contributed by atoms with Crippen molar-refractivity contribution in [2.24, 2.45) is 11.3 Å². The Morgan fingerprint density at radius 1 is 0.889 bits per heavy atom. The first kappa shape index (κ1) is 42.1. The molecule has 0 spiro atoms. The molecule has 1 unspecified atom stereocenters. The van der Waals surface area contributed by atoms with Crippen LogP contribution in [-0.4, -0.2) is 83.7 Å². The van der Waals surface area contributed by atoms with Crippen molar-refractivity contribution >= 4 is 29.4 Å².